The fourth-order valence-electron chi connectivity index (χ4n) is 5.79. The van der Waals surface area contributed by atoms with E-state index in [9.17, 15) is 15.2 Å². The number of piperidine rings is 1. The molecule has 3 heterocycles. The van der Waals surface area contributed by atoms with Crippen molar-refractivity contribution in [3.63, 3.8) is 0 Å². The molecule has 1 fully saturated rings. The fraction of sp³-hybridized carbons (Fsp3) is 0.429. The maximum atomic E-state index is 15.1. The van der Waals surface area contributed by atoms with Gasteiger partial charge in [-0.3, -0.25) is 9.36 Å². The first-order valence-electron chi connectivity index (χ1n) is 12.5. The minimum absolute atomic E-state index is 0.0719. The first kappa shape index (κ1) is 25.4. The molecule has 1 N–H and O–H groups in total. The van der Waals surface area contributed by atoms with Gasteiger partial charge in [-0.1, -0.05) is 24.6 Å². The number of likely N-dealkylation sites (N-methyl/N-ethyl adjacent to an activating group) is 1. The van der Waals surface area contributed by atoms with E-state index in [4.69, 9.17) is 16.3 Å². The van der Waals surface area contributed by atoms with Gasteiger partial charge in [0.15, 0.2) is 5.75 Å². The topological polar surface area (TPSA) is 81.7 Å². The molecule has 0 aliphatic carbocycles. The van der Waals surface area contributed by atoms with Gasteiger partial charge in [0.1, 0.15) is 29.8 Å². The van der Waals surface area contributed by atoms with E-state index in [-0.39, 0.29) is 51.9 Å². The Hall–Kier alpha value is -3.28. The van der Waals surface area contributed by atoms with Gasteiger partial charge in [0.05, 0.1) is 33.4 Å². The van der Waals surface area contributed by atoms with Gasteiger partial charge in [0.2, 0.25) is 0 Å². The second-order valence-electron chi connectivity index (χ2n) is 10.5. The summed E-state index contributed by atoms with van der Waals surface area (Å²) >= 11 is 6.82. The summed E-state index contributed by atoms with van der Waals surface area (Å²) in [5, 5.41) is 21.6. The van der Waals surface area contributed by atoms with E-state index in [0.717, 1.165) is 12.8 Å². The second-order valence-corrected chi connectivity index (χ2v) is 10.9. The normalized spacial score (nSPS) is 21.2. The largest absolute Gasteiger partial charge is 0.507 e. The summed E-state index contributed by atoms with van der Waals surface area (Å²) in [5.74, 6) is -0.315. The Bertz CT molecular complexity index is 1480. The number of nitrogens with zero attached hydrogens (tertiary/aromatic N) is 4. The lowest BCUT2D eigenvalue weighted by Gasteiger charge is -2.40. The smallest absolute Gasteiger partial charge is 0.271 e. The number of hydrogen-bond donors (Lipinski definition) is 1. The van der Waals surface area contributed by atoms with Gasteiger partial charge in [-0.15, -0.1) is 0 Å². The lowest BCUT2D eigenvalue weighted by atomic mass is 9.92. The van der Waals surface area contributed by atoms with Gasteiger partial charge < -0.3 is 19.6 Å². The average Bonchev–Trinajstić information content (AvgIpc) is 2.84. The van der Waals surface area contributed by atoms with Crippen LogP contribution in [0.4, 0.5) is 10.1 Å². The van der Waals surface area contributed by atoms with E-state index in [2.05, 4.69) is 24.8 Å². The van der Waals surface area contributed by atoms with E-state index in [1.165, 1.54) is 18.2 Å². The van der Waals surface area contributed by atoms with Crippen LogP contribution in [0.15, 0.2) is 29.1 Å². The highest BCUT2D eigenvalue weighted by Gasteiger charge is 2.36. The minimum Gasteiger partial charge on any atom is -0.507 e. The number of phenolic OH excluding ortho intramolecular Hbond substituents is 1. The third-order valence-electron chi connectivity index (χ3n) is 7.49. The highest BCUT2D eigenvalue weighted by atomic mass is 35.5. The molecule has 2 aliphatic heterocycles. The molecule has 5 rings (SSSR count). The molecule has 37 heavy (non-hydrogen) atoms. The molecule has 3 aromatic rings. The highest BCUT2D eigenvalue weighted by Crippen LogP contribution is 2.50. The Morgan fingerprint density at radius 1 is 1.27 bits per heavy atom. The van der Waals surface area contributed by atoms with Crippen LogP contribution < -0.4 is 15.2 Å². The van der Waals surface area contributed by atoms with E-state index in [0.29, 0.717) is 35.6 Å². The lowest BCUT2D eigenvalue weighted by Crippen LogP contribution is -2.44. The van der Waals surface area contributed by atoms with Gasteiger partial charge >= 0.3 is 0 Å². The van der Waals surface area contributed by atoms with Crippen LogP contribution in [0, 0.1) is 23.1 Å². The summed E-state index contributed by atoms with van der Waals surface area (Å²) in [6.07, 6.45) is 1.99. The number of phenols is 1. The number of pyridine rings is 1. The van der Waals surface area contributed by atoms with Gasteiger partial charge in [0, 0.05) is 24.5 Å². The molecular weight excluding hydrogens is 495 g/mol. The van der Waals surface area contributed by atoms with Gasteiger partial charge in [-0.2, -0.15) is 5.26 Å². The Balaban J connectivity index is 1.94. The number of nitriles is 1. The van der Waals surface area contributed by atoms with Crippen molar-refractivity contribution < 1.29 is 14.2 Å². The number of anilines is 1. The Kier molecular flexibility index (Phi) is 6.55. The third kappa shape index (κ3) is 4.11. The molecular formula is C28H30ClFN4O3. The Morgan fingerprint density at radius 2 is 2.03 bits per heavy atom. The van der Waals surface area contributed by atoms with Crippen molar-refractivity contribution in [2.75, 3.05) is 38.7 Å². The number of hydrogen-bond acceptors (Lipinski definition) is 6. The molecule has 194 valence electrons. The van der Waals surface area contributed by atoms with Crippen molar-refractivity contribution in [3.8, 4) is 28.7 Å². The molecule has 0 unspecified atom stereocenters. The van der Waals surface area contributed by atoms with Crippen LogP contribution in [0.3, 0.4) is 0 Å². The molecule has 0 amide bonds. The number of aromatic nitrogens is 1. The number of ether oxygens (including phenoxy) is 1. The maximum absolute atomic E-state index is 15.1. The predicted molar refractivity (Wildman–Crippen MR) is 143 cm³/mol. The van der Waals surface area contributed by atoms with Crippen LogP contribution >= 0.6 is 11.6 Å². The summed E-state index contributed by atoms with van der Waals surface area (Å²) in [5.41, 5.74) is 0.779. The lowest BCUT2D eigenvalue weighted by molar-refractivity contribution is 0.199. The second kappa shape index (κ2) is 9.55. The molecule has 0 bridgehead atoms. The standard InChI is InChI=1S/C28H30ClFN4O3/c1-15-8-9-16(2)33(12-15)25-18-10-20(29)23(24-21(30)6-5-7-22(24)35)27-26(18)34(28(36)19(25)11-31)17(14-37-27)13-32(3)4/h5-7,10,15-17,35H,8-9,12-14H2,1-4H3/t15-,16-,17+/m0/s1. The van der Waals surface area contributed by atoms with E-state index >= 15 is 4.39 Å². The first-order chi connectivity index (χ1) is 17.6. The maximum Gasteiger partial charge on any atom is 0.271 e. The number of aromatic hydroxyl groups is 1. The first-order valence-corrected chi connectivity index (χ1v) is 12.9. The minimum atomic E-state index is -0.655. The summed E-state index contributed by atoms with van der Waals surface area (Å²) in [4.78, 5) is 18.1. The van der Waals surface area contributed by atoms with Crippen LogP contribution in [0.25, 0.3) is 22.0 Å². The summed E-state index contributed by atoms with van der Waals surface area (Å²) < 4.78 is 22.9. The molecule has 7 nitrogen and oxygen atoms in total. The van der Waals surface area contributed by atoms with Crippen LogP contribution in [-0.4, -0.2) is 54.4 Å². The molecule has 3 atom stereocenters. The molecule has 2 aromatic carbocycles. The third-order valence-corrected chi connectivity index (χ3v) is 7.79. The highest BCUT2D eigenvalue weighted by molar-refractivity contribution is 6.35. The number of benzene rings is 2. The van der Waals surface area contributed by atoms with Crippen molar-refractivity contribution >= 4 is 28.2 Å². The van der Waals surface area contributed by atoms with Crippen LogP contribution in [0.1, 0.15) is 38.3 Å². The molecule has 1 aromatic heterocycles. The SMILES string of the molecule is C[C@H]1CC[C@H](C)N(c2c(C#N)c(=O)n3c4c(c(-c5c(O)cccc5F)c(Cl)cc24)OC[C@H]3CN(C)C)C1. The monoisotopic (exact) mass is 524 g/mol. The van der Waals surface area contributed by atoms with E-state index in [1.54, 1.807) is 10.6 Å². The quantitative estimate of drug-likeness (QED) is 0.508. The Morgan fingerprint density at radius 3 is 2.70 bits per heavy atom. The van der Waals surface area contributed by atoms with Crippen molar-refractivity contribution in [2.45, 2.75) is 38.8 Å². The molecule has 0 radical (unpaired) electrons. The number of rotatable bonds is 4. The van der Waals surface area contributed by atoms with E-state index in [1.807, 2.05) is 19.0 Å². The summed E-state index contributed by atoms with van der Waals surface area (Å²) in [6, 6.07) is 7.65. The fourth-order valence-corrected chi connectivity index (χ4v) is 6.07. The average molecular weight is 525 g/mol. The molecule has 1 saturated heterocycles. The molecule has 9 heteroatoms. The molecule has 2 aliphatic rings. The predicted octanol–water partition coefficient (Wildman–Crippen LogP) is 5.16. The molecule has 0 spiro atoms. The number of halogens is 2. The van der Waals surface area contributed by atoms with Gasteiger partial charge in [0.25, 0.3) is 5.56 Å². The zero-order chi connectivity index (χ0) is 26.6. The van der Waals surface area contributed by atoms with Crippen LogP contribution in [-0.2, 0) is 0 Å². The van der Waals surface area contributed by atoms with Crippen molar-refractivity contribution in [1.29, 1.82) is 5.26 Å². The summed E-state index contributed by atoms with van der Waals surface area (Å²) in [7, 11) is 3.80. The van der Waals surface area contributed by atoms with Gasteiger partial charge in [-0.25, -0.2) is 4.39 Å². The van der Waals surface area contributed by atoms with Crippen LogP contribution in [0.5, 0.6) is 11.5 Å². The van der Waals surface area contributed by atoms with Crippen LogP contribution in [0.2, 0.25) is 5.02 Å². The van der Waals surface area contributed by atoms with E-state index < -0.39 is 11.4 Å². The van der Waals surface area contributed by atoms with Crippen molar-refractivity contribution in [3.05, 3.63) is 51.0 Å². The van der Waals surface area contributed by atoms with Crippen molar-refractivity contribution in [2.24, 2.45) is 5.92 Å². The molecule has 0 saturated carbocycles. The van der Waals surface area contributed by atoms with Gasteiger partial charge in [-0.05, 0) is 58.0 Å². The van der Waals surface area contributed by atoms with Crippen molar-refractivity contribution in [1.82, 2.24) is 9.47 Å². The zero-order valence-corrected chi connectivity index (χ0v) is 22.1. The zero-order valence-electron chi connectivity index (χ0n) is 21.4. The Labute approximate surface area is 220 Å². The summed E-state index contributed by atoms with van der Waals surface area (Å²) in [6.45, 7) is 5.57.